The van der Waals surface area contributed by atoms with E-state index in [1.807, 2.05) is 6.07 Å². The molecule has 1 aromatic carbocycles. The van der Waals surface area contributed by atoms with Crippen LogP contribution in [0.4, 0.5) is 5.69 Å². The van der Waals surface area contributed by atoms with Crippen LogP contribution in [0.15, 0.2) is 41.0 Å². The van der Waals surface area contributed by atoms with E-state index in [0.29, 0.717) is 12.6 Å². The molecule has 4 heterocycles. The van der Waals surface area contributed by atoms with Crippen LogP contribution in [0, 0.1) is 5.92 Å². The first-order valence-electron chi connectivity index (χ1n) is 12.6. The largest absolute Gasteiger partial charge is 0.467 e. The Balaban J connectivity index is 1.19. The molecular formula is C27H37N3O2. The summed E-state index contributed by atoms with van der Waals surface area (Å²) in [5, 5.41) is 0. The maximum absolute atomic E-state index is 13.4. The molecule has 0 aliphatic carbocycles. The number of likely N-dealkylation sites (tertiary alicyclic amines) is 2. The van der Waals surface area contributed by atoms with Crippen molar-refractivity contribution >= 4 is 11.6 Å². The minimum atomic E-state index is 0.141. The van der Waals surface area contributed by atoms with E-state index >= 15 is 0 Å². The average molecular weight is 436 g/mol. The predicted octanol–water partition coefficient (Wildman–Crippen LogP) is 4.96. The number of carbonyl (C=O) groups is 1. The summed E-state index contributed by atoms with van der Waals surface area (Å²) in [4.78, 5) is 20.5. The van der Waals surface area contributed by atoms with Crippen LogP contribution in [-0.2, 0) is 13.0 Å². The Labute approximate surface area is 192 Å². The fraction of sp³-hybridized carbons (Fsp3) is 0.593. The number of hydrogen-bond acceptors (Lipinski definition) is 4. The van der Waals surface area contributed by atoms with Crippen molar-refractivity contribution in [3.8, 4) is 0 Å². The van der Waals surface area contributed by atoms with E-state index in [2.05, 4.69) is 45.9 Å². The van der Waals surface area contributed by atoms with Gasteiger partial charge in [-0.3, -0.25) is 4.79 Å². The second-order valence-electron chi connectivity index (χ2n) is 10.0. The van der Waals surface area contributed by atoms with E-state index in [0.717, 1.165) is 49.6 Å². The number of anilines is 1. The Morgan fingerprint density at radius 3 is 2.53 bits per heavy atom. The second kappa shape index (κ2) is 9.70. The predicted molar refractivity (Wildman–Crippen MR) is 128 cm³/mol. The summed E-state index contributed by atoms with van der Waals surface area (Å²) in [6.45, 7) is 8.36. The lowest BCUT2D eigenvalue weighted by Gasteiger charge is -2.34. The van der Waals surface area contributed by atoms with Gasteiger partial charge in [0.2, 0.25) is 0 Å². The number of furan rings is 1. The molecule has 3 aliphatic heterocycles. The number of hydrogen-bond donors (Lipinski definition) is 0. The van der Waals surface area contributed by atoms with Gasteiger partial charge in [0.05, 0.1) is 18.4 Å². The van der Waals surface area contributed by atoms with Gasteiger partial charge in [0, 0.05) is 31.4 Å². The first kappa shape index (κ1) is 21.6. The van der Waals surface area contributed by atoms with Crippen molar-refractivity contribution in [2.45, 2.75) is 64.5 Å². The van der Waals surface area contributed by atoms with Crippen LogP contribution in [-0.4, -0.2) is 54.5 Å². The number of fused-ring (bicyclic) bond motifs is 1. The first-order chi connectivity index (χ1) is 15.7. The molecule has 2 fully saturated rings. The molecule has 2 saturated heterocycles. The summed E-state index contributed by atoms with van der Waals surface area (Å²) >= 11 is 0. The van der Waals surface area contributed by atoms with Crippen molar-refractivity contribution in [3.63, 3.8) is 0 Å². The highest BCUT2D eigenvalue weighted by atomic mass is 16.3. The normalized spacial score (nSPS) is 22.7. The SMILES string of the molecule is CC1Cc2ccccc2N1Cc1occc1C(=O)N1CCC(CN2CCCCCC2)CC1. The van der Waals surface area contributed by atoms with Crippen molar-refractivity contribution in [2.75, 3.05) is 37.6 Å². The summed E-state index contributed by atoms with van der Waals surface area (Å²) in [6, 6.07) is 10.9. The van der Waals surface area contributed by atoms with Crippen molar-refractivity contribution in [2.24, 2.45) is 5.92 Å². The number of amides is 1. The topological polar surface area (TPSA) is 39.9 Å². The fourth-order valence-electron chi connectivity index (χ4n) is 5.85. The zero-order chi connectivity index (χ0) is 21.9. The molecule has 5 nitrogen and oxygen atoms in total. The number of piperidine rings is 1. The van der Waals surface area contributed by atoms with Gasteiger partial charge in [-0.05, 0) is 75.7 Å². The molecule has 1 amide bonds. The third-order valence-electron chi connectivity index (χ3n) is 7.76. The molecule has 32 heavy (non-hydrogen) atoms. The number of rotatable bonds is 5. The van der Waals surface area contributed by atoms with Crippen LogP contribution >= 0.6 is 0 Å². The third kappa shape index (κ3) is 4.59. The smallest absolute Gasteiger partial charge is 0.257 e. The molecule has 1 unspecified atom stereocenters. The van der Waals surface area contributed by atoms with Gasteiger partial charge in [-0.25, -0.2) is 0 Å². The Morgan fingerprint density at radius 2 is 1.75 bits per heavy atom. The first-order valence-corrected chi connectivity index (χ1v) is 12.6. The summed E-state index contributed by atoms with van der Waals surface area (Å²) in [7, 11) is 0. The lowest BCUT2D eigenvalue weighted by molar-refractivity contribution is 0.0665. The lowest BCUT2D eigenvalue weighted by Crippen LogP contribution is -2.42. The van der Waals surface area contributed by atoms with Crippen molar-refractivity contribution in [1.82, 2.24) is 9.80 Å². The van der Waals surface area contributed by atoms with Gasteiger partial charge in [0.1, 0.15) is 5.76 Å². The number of para-hydroxylation sites is 1. The van der Waals surface area contributed by atoms with Crippen LogP contribution in [0.1, 0.15) is 67.1 Å². The van der Waals surface area contributed by atoms with Crippen molar-refractivity contribution < 1.29 is 9.21 Å². The van der Waals surface area contributed by atoms with E-state index < -0.39 is 0 Å². The van der Waals surface area contributed by atoms with E-state index in [4.69, 9.17) is 4.42 Å². The minimum absolute atomic E-state index is 0.141. The Bertz CT molecular complexity index is 907. The molecule has 2 aromatic rings. The van der Waals surface area contributed by atoms with Crippen LogP contribution in [0.5, 0.6) is 0 Å². The van der Waals surface area contributed by atoms with Crippen LogP contribution in [0.2, 0.25) is 0 Å². The molecular weight excluding hydrogens is 398 g/mol. The van der Waals surface area contributed by atoms with Gasteiger partial charge in [-0.1, -0.05) is 31.0 Å². The third-order valence-corrected chi connectivity index (χ3v) is 7.76. The van der Waals surface area contributed by atoms with Crippen LogP contribution in [0.25, 0.3) is 0 Å². The molecule has 3 aliphatic rings. The molecule has 5 rings (SSSR count). The molecule has 5 heteroatoms. The molecule has 1 aromatic heterocycles. The molecule has 172 valence electrons. The Morgan fingerprint density at radius 1 is 1.00 bits per heavy atom. The second-order valence-corrected chi connectivity index (χ2v) is 10.0. The van der Waals surface area contributed by atoms with Crippen LogP contribution in [0.3, 0.4) is 0 Å². The van der Waals surface area contributed by atoms with Gasteiger partial charge < -0.3 is 19.1 Å². The van der Waals surface area contributed by atoms with Gasteiger partial charge in [0.15, 0.2) is 0 Å². The zero-order valence-electron chi connectivity index (χ0n) is 19.5. The summed E-state index contributed by atoms with van der Waals surface area (Å²) in [5.74, 6) is 1.66. The Hall–Kier alpha value is -2.27. The molecule has 0 bridgehead atoms. The van der Waals surface area contributed by atoms with Crippen molar-refractivity contribution in [3.05, 3.63) is 53.5 Å². The highest BCUT2D eigenvalue weighted by Gasteiger charge is 2.30. The van der Waals surface area contributed by atoms with E-state index in [1.165, 1.54) is 56.6 Å². The number of benzene rings is 1. The van der Waals surface area contributed by atoms with Gasteiger partial charge >= 0.3 is 0 Å². The molecule has 0 radical (unpaired) electrons. The average Bonchev–Trinajstić information content (AvgIpc) is 3.30. The molecule has 1 atom stereocenters. The standard InChI is InChI=1S/C27H37N3O2/c1-21-18-23-8-4-5-9-25(23)30(21)20-26-24(12-17-32-26)27(31)29-15-10-22(11-16-29)19-28-13-6-2-3-7-14-28/h4-5,8-9,12,17,21-22H,2-3,6-7,10-11,13-16,18-20H2,1H3. The maximum atomic E-state index is 13.4. The summed E-state index contributed by atoms with van der Waals surface area (Å²) in [5.41, 5.74) is 3.39. The monoisotopic (exact) mass is 435 g/mol. The van der Waals surface area contributed by atoms with Gasteiger partial charge in [-0.15, -0.1) is 0 Å². The fourth-order valence-corrected chi connectivity index (χ4v) is 5.85. The zero-order valence-corrected chi connectivity index (χ0v) is 19.5. The van der Waals surface area contributed by atoms with E-state index in [9.17, 15) is 4.79 Å². The van der Waals surface area contributed by atoms with E-state index in [-0.39, 0.29) is 5.91 Å². The quantitative estimate of drug-likeness (QED) is 0.666. The van der Waals surface area contributed by atoms with Crippen molar-refractivity contribution in [1.29, 1.82) is 0 Å². The summed E-state index contributed by atoms with van der Waals surface area (Å²) < 4.78 is 5.84. The Kier molecular flexibility index (Phi) is 6.54. The van der Waals surface area contributed by atoms with E-state index in [1.54, 1.807) is 6.26 Å². The maximum Gasteiger partial charge on any atom is 0.257 e. The van der Waals surface area contributed by atoms with Crippen LogP contribution < -0.4 is 4.90 Å². The number of carbonyl (C=O) groups excluding carboxylic acids is 1. The van der Waals surface area contributed by atoms with Gasteiger partial charge in [0.25, 0.3) is 5.91 Å². The lowest BCUT2D eigenvalue weighted by atomic mass is 9.95. The highest BCUT2D eigenvalue weighted by molar-refractivity contribution is 5.95. The highest BCUT2D eigenvalue weighted by Crippen LogP contribution is 2.34. The molecule has 0 spiro atoms. The summed E-state index contributed by atoms with van der Waals surface area (Å²) in [6.07, 6.45) is 10.4. The minimum Gasteiger partial charge on any atom is -0.467 e. The molecule has 0 N–H and O–H groups in total. The van der Waals surface area contributed by atoms with Gasteiger partial charge in [-0.2, -0.15) is 0 Å². The number of nitrogens with zero attached hydrogens (tertiary/aromatic N) is 3. The molecule has 0 saturated carbocycles.